The van der Waals surface area contributed by atoms with Crippen LogP contribution in [0.2, 0.25) is 0 Å². The minimum atomic E-state index is -0.0688. The highest BCUT2D eigenvalue weighted by atomic mass is 16.5. The van der Waals surface area contributed by atoms with Crippen molar-refractivity contribution in [3.63, 3.8) is 0 Å². The highest BCUT2D eigenvalue weighted by Crippen LogP contribution is 2.22. The van der Waals surface area contributed by atoms with Crippen molar-refractivity contribution >= 4 is 5.91 Å². The summed E-state index contributed by atoms with van der Waals surface area (Å²) in [7, 11) is 0. The van der Waals surface area contributed by atoms with Crippen molar-refractivity contribution in [1.82, 2.24) is 25.2 Å². The van der Waals surface area contributed by atoms with Crippen LogP contribution in [0.1, 0.15) is 29.3 Å². The summed E-state index contributed by atoms with van der Waals surface area (Å²) in [5.74, 6) is 0.979. The van der Waals surface area contributed by atoms with E-state index in [2.05, 4.69) is 27.6 Å². The quantitative estimate of drug-likeness (QED) is 0.488. The summed E-state index contributed by atoms with van der Waals surface area (Å²) >= 11 is 0. The number of nitrogens with zero attached hydrogens (tertiary/aromatic N) is 4. The number of carbonyl (C=O) groups is 1. The topological polar surface area (TPSA) is 85.8 Å². The molecule has 4 rings (SSSR count). The first-order chi connectivity index (χ1) is 14.7. The molecule has 0 radical (unpaired) electrons. The fourth-order valence-electron chi connectivity index (χ4n) is 3.23. The van der Waals surface area contributed by atoms with Gasteiger partial charge in [0.2, 0.25) is 11.8 Å². The molecule has 1 N–H and O–H groups in total. The third-order valence-electron chi connectivity index (χ3n) is 4.68. The van der Waals surface area contributed by atoms with Gasteiger partial charge in [0.05, 0.1) is 12.2 Å². The predicted molar refractivity (Wildman–Crippen MR) is 112 cm³/mol. The molecule has 0 aliphatic heterocycles. The average molecular weight is 401 g/mol. The molecule has 0 spiro atoms. The Morgan fingerprint density at radius 1 is 1.07 bits per heavy atom. The number of hydrogen-bond acceptors (Lipinski definition) is 5. The maximum atomic E-state index is 12.3. The maximum Gasteiger partial charge on any atom is 0.227 e. The van der Waals surface area contributed by atoms with E-state index < -0.39 is 0 Å². The van der Waals surface area contributed by atoms with Crippen molar-refractivity contribution < 1.29 is 9.32 Å². The van der Waals surface area contributed by atoms with Gasteiger partial charge in [-0.1, -0.05) is 65.8 Å². The molecule has 30 heavy (non-hydrogen) atoms. The Morgan fingerprint density at radius 3 is 2.50 bits per heavy atom. The van der Waals surface area contributed by atoms with E-state index in [1.807, 2.05) is 59.4 Å². The van der Waals surface area contributed by atoms with E-state index in [1.54, 1.807) is 6.92 Å². The molecular weight excluding hydrogens is 378 g/mol. The first-order valence-electron chi connectivity index (χ1n) is 9.89. The van der Waals surface area contributed by atoms with Crippen LogP contribution in [-0.4, -0.2) is 25.8 Å². The van der Waals surface area contributed by atoms with Gasteiger partial charge in [-0.2, -0.15) is 10.1 Å². The van der Waals surface area contributed by atoms with Crippen molar-refractivity contribution in [3.05, 3.63) is 89.7 Å². The Hall–Kier alpha value is -3.74. The van der Waals surface area contributed by atoms with Crippen LogP contribution >= 0.6 is 0 Å². The molecule has 7 nitrogen and oxygen atoms in total. The Kier molecular flexibility index (Phi) is 5.98. The van der Waals surface area contributed by atoms with Crippen LogP contribution in [0, 0.1) is 6.92 Å². The summed E-state index contributed by atoms with van der Waals surface area (Å²) in [6, 6.07) is 20.2. The van der Waals surface area contributed by atoms with Crippen LogP contribution in [0.15, 0.2) is 71.4 Å². The summed E-state index contributed by atoms with van der Waals surface area (Å²) in [6.45, 7) is 2.83. The molecule has 0 bridgehead atoms. The molecule has 0 fully saturated rings. The zero-order valence-electron chi connectivity index (χ0n) is 16.8. The van der Waals surface area contributed by atoms with E-state index in [1.165, 1.54) is 5.56 Å². The van der Waals surface area contributed by atoms with Crippen LogP contribution in [-0.2, 0) is 24.3 Å². The molecule has 2 aromatic heterocycles. The molecule has 2 aromatic carbocycles. The molecule has 152 valence electrons. The van der Waals surface area contributed by atoms with Crippen molar-refractivity contribution in [2.24, 2.45) is 0 Å². The first kappa shape index (κ1) is 19.6. The Bertz CT molecular complexity index is 1100. The summed E-state index contributed by atoms with van der Waals surface area (Å²) in [6.07, 6.45) is 2.71. The molecule has 4 aromatic rings. The zero-order chi connectivity index (χ0) is 20.8. The number of aromatic nitrogens is 4. The van der Waals surface area contributed by atoms with Gasteiger partial charge in [0.25, 0.3) is 0 Å². The van der Waals surface area contributed by atoms with Gasteiger partial charge < -0.3 is 9.84 Å². The van der Waals surface area contributed by atoms with Crippen LogP contribution < -0.4 is 5.32 Å². The van der Waals surface area contributed by atoms with Crippen molar-refractivity contribution in [3.8, 4) is 11.3 Å². The minimum Gasteiger partial charge on any atom is -0.352 e. The normalized spacial score (nSPS) is 10.8. The fourth-order valence-corrected chi connectivity index (χ4v) is 3.23. The highest BCUT2D eigenvalue weighted by molar-refractivity contribution is 5.76. The Labute approximate surface area is 174 Å². The largest absolute Gasteiger partial charge is 0.352 e. The molecule has 0 aliphatic rings. The van der Waals surface area contributed by atoms with E-state index in [0.29, 0.717) is 37.6 Å². The van der Waals surface area contributed by atoms with E-state index in [0.717, 1.165) is 16.8 Å². The molecule has 0 aliphatic carbocycles. The van der Waals surface area contributed by atoms with Crippen LogP contribution in [0.5, 0.6) is 0 Å². The second-order valence-corrected chi connectivity index (χ2v) is 7.06. The molecule has 0 atom stereocenters. The fraction of sp³-hybridized carbons (Fsp3) is 0.217. The van der Waals surface area contributed by atoms with Crippen molar-refractivity contribution in [2.45, 2.75) is 32.9 Å². The van der Waals surface area contributed by atoms with Gasteiger partial charge in [-0.15, -0.1) is 0 Å². The van der Waals surface area contributed by atoms with Gasteiger partial charge in [0.1, 0.15) is 0 Å². The second-order valence-electron chi connectivity index (χ2n) is 7.06. The molecule has 0 saturated carbocycles. The number of nitrogens with one attached hydrogen (secondary N) is 1. The third kappa shape index (κ3) is 5.00. The lowest BCUT2D eigenvalue weighted by molar-refractivity contribution is -0.121. The molecule has 0 saturated heterocycles. The van der Waals surface area contributed by atoms with Crippen LogP contribution in [0.25, 0.3) is 11.3 Å². The lowest BCUT2D eigenvalue weighted by Gasteiger charge is -2.05. The van der Waals surface area contributed by atoms with Gasteiger partial charge in [0.15, 0.2) is 5.82 Å². The van der Waals surface area contributed by atoms with Crippen molar-refractivity contribution in [1.29, 1.82) is 0 Å². The summed E-state index contributed by atoms with van der Waals surface area (Å²) < 4.78 is 6.98. The number of hydrogen-bond donors (Lipinski definition) is 1. The number of rotatable bonds is 8. The molecule has 1 amide bonds. The standard InChI is InChI=1S/C23H23N5O2/c1-17-25-22(30-27-17)13-12-21(29)24-14-20-16-28(15-18-8-4-2-5-9-18)26-23(20)19-10-6-3-7-11-19/h2-11,16H,12-15H2,1H3,(H,24,29). The predicted octanol–water partition coefficient (Wildman–Crippen LogP) is 3.54. The van der Waals surface area contributed by atoms with Gasteiger partial charge in [-0.3, -0.25) is 9.48 Å². The number of amides is 1. The van der Waals surface area contributed by atoms with Crippen LogP contribution in [0.3, 0.4) is 0 Å². The van der Waals surface area contributed by atoms with E-state index >= 15 is 0 Å². The minimum absolute atomic E-state index is 0.0688. The second kappa shape index (κ2) is 9.17. The highest BCUT2D eigenvalue weighted by Gasteiger charge is 2.13. The van der Waals surface area contributed by atoms with Gasteiger partial charge in [-0.25, -0.2) is 0 Å². The van der Waals surface area contributed by atoms with Crippen LogP contribution in [0.4, 0.5) is 0 Å². The maximum absolute atomic E-state index is 12.3. The molecule has 0 unspecified atom stereocenters. The summed E-state index contributed by atoms with van der Waals surface area (Å²) in [5.41, 5.74) is 4.04. The molecule has 2 heterocycles. The summed E-state index contributed by atoms with van der Waals surface area (Å²) in [4.78, 5) is 16.4. The first-order valence-corrected chi connectivity index (χ1v) is 9.89. The third-order valence-corrected chi connectivity index (χ3v) is 4.68. The number of carbonyl (C=O) groups excluding carboxylic acids is 1. The van der Waals surface area contributed by atoms with E-state index in [9.17, 15) is 4.79 Å². The van der Waals surface area contributed by atoms with Gasteiger partial charge in [0, 0.05) is 36.7 Å². The lowest BCUT2D eigenvalue weighted by atomic mass is 10.1. The van der Waals surface area contributed by atoms with Gasteiger partial charge in [-0.05, 0) is 12.5 Å². The average Bonchev–Trinajstić information content (AvgIpc) is 3.38. The number of benzene rings is 2. The Balaban J connectivity index is 1.45. The molecule has 7 heteroatoms. The van der Waals surface area contributed by atoms with E-state index in [-0.39, 0.29) is 5.91 Å². The van der Waals surface area contributed by atoms with Crippen molar-refractivity contribution in [2.75, 3.05) is 0 Å². The Morgan fingerprint density at radius 2 is 1.80 bits per heavy atom. The zero-order valence-corrected chi connectivity index (χ0v) is 16.8. The number of aryl methyl sites for hydroxylation is 2. The van der Waals surface area contributed by atoms with E-state index in [4.69, 9.17) is 9.62 Å². The lowest BCUT2D eigenvalue weighted by Crippen LogP contribution is -2.23. The van der Waals surface area contributed by atoms with Gasteiger partial charge >= 0.3 is 0 Å². The SMILES string of the molecule is Cc1noc(CCC(=O)NCc2cn(Cc3ccccc3)nc2-c2ccccc2)n1. The summed E-state index contributed by atoms with van der Waals surface area (Å²) in [5, 5.41) is 11.5. The molecular formula is C23H23N5O2. The monoisotopic (exact) mass is 401 g/mol. The smallest absolute Gasteiger partial charge is 0.227 e.